The molecule has 102 valence electrons. The normalized spacial score (nSPS) is 19.4. The standard InChI is InChI=1S/C14H30N2O/c1-5-17-11-10-15(4)14-6-8-16(9-7-14)12-13(2)3/h13-14H,5-12H2,1-4H3. The van der Waals surface area contributed by atoms with Gasteiger partial charge in [0.25, 0.3) is 0 Å². The summed E-state index contributed by atoms with van der Waals surface area (Å²) in [5.74, 6) is 0.794. The number of nitrogens with zero attached hydrogens (tertiary/aromatic N) is 2. The van der Waals surface area contributed by atoms with E-state index < -0.39 is 0 Å². The lowest BCUT2D eigenvalue weighted by atomic mass is 10.0. The van der Waals surface area contributed by atoms with Crippen molar-refractivity contribution in [2.45, 2.75) is 39.7 Å². The van der Waals surface area contributed by atoms with Crippen LogP contribution in [0.1, 0.15) is 33.6 Å². The van der Waals surface area contributed by atoms with Crippen LogP contribution < -0.4 is 0 Å². The third kappa shape index (κ3) is 5.84. The fourth-order valence-electron chi connectivity index (χ4n) is 2.59. The molecule has 0 unspecified atom stereocenters. The van der Waals surface area contributed by atoms with Crippen molar-refractivity contribution in [1.82, 2.24) is 9.80 Å². The van der Waals surface area contributed by atoms with Crippen molar-refractivity contribution in [1.29, 1.82) is 0 Å². The number of hydrogen-bond acceptors (Lipinski definition) is 3. The van der Waals surface area contributed by atoms with E-state index in [0.717, 1.165) is 31.7 Å². The van der Waals surface area contributed by atoms with Crippen molar-refractivity contribution >= 4 is 0 Å². The molecule has 0 N–H and O–H groups in total. The number of rotatable bonds is 7. The molecule has 1 heterocycles. The number of piperidine rings is 1. The van der Waals surface area contributed by atoms with Gasteiger partial charge in [-0.15, -0.1) is 0 Å². The molecular weight excluding hydrogens is 212 g/mol. The first-order valence-corrected chi connectivity index (χ1v) is 7.13. The van der Waals surface area contributed by atoms with Gasteiger partial charge in [-0.05, 0) is 45.8 Å². The molecule has 0 saturated carbocycles. The van der Waals surface area contributed by atoms with Crippen LogP contribution in [-0.4, -0.2) is 62.3 Å². The first kappa shape index (κ1) is 14.9. The molecule has 0 bridgehead atoms. The molecule has 0 amide bonds. The quantitative estimate of drug-likeness (QED) is 0.636. The average Bonchev–Trinajstić information content (AvgIpc) is 2.29. The summed E-state index contributed by atoms with van der Waals surface area (Å²) >= 11 is 0. The van der Waals surface area contributed by atoms with E-state index in [1.165, 1.54) is 32.5 Å². The summed E-state index contributed by atoms with van der Waals surface area (Å²) < 4.78 is 5.42. The van der Waals surface area contributed by atoms with E-state index in [9.17, 15) is 0 Å². The predicted molar refractivity (Wildman–Crippen MR) is 73.4 cm³/mol. The van der Waals surface area contributed by atoms with Crippen LogP contribution in [0.15, 0.2) is 0 Å². The van der Waals surface area contributed by atoms with Crippen LogP contribution in [0.2, 0.25) is 0 Å². The summed E-state index contributed by atoms with van der Waals surface area (Å²) in [4.78, 5) is 5.08. The highest BCUT2D eigenvalue weighted by Crippen LogP contribution is 2.16. The highest BCUT2D eigenvalue weighted by Gasteiger charge is 2.22. The fraction of sp³-hybridized carbons (Fsp3) is 1.00. The van der Waals surface area contributed by atoms with Gasteiger partial charge in [0.15, 0.2) is 0 Å². The van der Waals surface area contributed by atoms with Crippen LogP contribution in [0.25, 0.3) is 0 Å². The zero-order chi connectivity index (χ0) is 12.7. The highest BCUT2D eigenvalue weighted by molar-refractivity contribution is 4.78. The molecule has 1 rings (SSSR count). The lowest BCUT2D eigenvalue weighted by Gasteiger charge is -2.37. The molecule has 1 aliphatic heterocycles. The van der Waals surface area contributed by atoms with E-state index in [1.807, 2.05) is 0 Å². The second kappa shape index (κ2) is 8.06. The number of ether oxygens (including phenoxy) is 1. The topological polar surface area (TPSA) is 15.7 Å². The second-order valence-corrected chi connectivity index (χ2v) is 5.60. The molecule has 0 aromatic rings. The predicted octanol–water partition coefficient (Wildman–Crippen LogP) is 2.08. The molecule has 3 heteroatoms. The van der Waals surface area contributed by atoms with Gasteiger partial charge in [0.1, 0.15) is 0 Å². The van der Waals surface area contributed by atoms with Gasteiger partial charge in [0.2, 0.25) is 0 Å². The minimum Gasteiger partial charge on any atom is -0.380 e. The number of likely N-dealkylation sites (tertiary alicyclic amines) is 1. The molecule has 0 aliphatic carbocycles. The van der Waals surface area contributed by atoms with Gasteiger partial charge in [-0.2, -0.15) is 0 Å². The van der Waals surface area contributed by atoms with E-state index in [-0.39, 0.29) is 0 Å². The Labute approximate surface area is 107 Å². The molecule has 3 nitrogen and oxygen atoms in total. The van der Waals surface area contributed by atoms with Gasteiger partial charge in [0, 0.05) is 25.7 Å². The van der Waals surface area contributed by atoms with E-state index in [2.05, 4.69) is 37.6 Å². The molecule has 0 radical (unpaired) electrons. The van der Waals surface area contributed by atoms with Crippen molar-refractivity contribution in [3.8, 4) is 0 Å². The summed E-state index contributed by atoms with van der Waals surface area (Å²) in [6.45, 7) is 13.2. The highest BCUT2D eigenvalue weighted by atomic mass is 16.5. The summed E-state index contributed by atoms with van der Waals surface area (Å²) in [7, 11) is 2.24. The van der Waals surface area contributed by atoms with Crippen molar-refractivity contribution in [2.24, 2.45) is 5.92 Å². The summed E-state index contributed by atoms with van der Waals surface area (Å²) in [6.07, 6.45) is 2.63. The Morgan fingerprint density at radius 1 is 1.29 bits per heavy atom. The molecule has 0 spiro atoms. The average molecular weight is 242 g/mol. The van der Waals surface area contributed by atoms with Gasteiger partial charge in [0.05, 0.1) is 6.61 Å². The Hall–Kier alpha value is -0.120. The van der Waals surface area contributed by atoms with Gasteiger partial charge in [-0.25, -0.2) is 0 Å². The van der Waals surface area contributed by atoms with E-state index in [0.29, 0.717) is 0 Å². The molecular formula is C14H30N2O. The molecule has 0 aromatic heterocycles. The second-order valence-electron chi connectivity index (χ2n) is 5.60. The van der Waals surface area contributed by atoms with Crippen LogP contribution in [-0.2, 0) is 4.74 Å². The molecule has 1 saturated heterocycles. The van der Waals surface area contributed by atoms with Crippen LogP contribution in [0.5, 0.6) is 0 Å². The van der Waals surface area contributed by atoms with Gasteiger partial charge >= 0.3 is 0 Å². The number of hydrogen-bond donors (Lipinski definition) is 0. The van der Waals surface area contributed by atoms with Gasteiger partial charge in [-0.1, -0.05) is 13.8 Å². The Kier molecular flexibility index (Phi) is 7.09. The largest absolute Gasteiger partial charge is 0.380 e. The fourth-order valence-corrected chi connectivity index (χ4v) is 2.59. The van der Waals surface area contributed by atoms with E-state index in [1.54, 1.807) is 0 Å². The first-order valence-electron chi connectivity index (χ1n) is 7.13. The maximum atomic E-state index is 5.42. The third-order valence-electron chi connectivity index (χ3n) is 3.60. The van der Waals surface area contributed by atoms with E-state index in [4.69, 9.17) is 4.74 Å². The van der Waals surface area contributed by atoms with Crippen molar-refractivity contribution in [3.63, 3.8) is 0 Å². The van der Waals surface area contributed by atoms with Crippen LogP contribution in [0.3, 0.4) is 0 Å². The van der Waals surface area contributed by atoms with Gasteiger partial charge in [-0.3, -0.25) is 0 Å². The van der Waals surface area contributed by atoms with Crippen LogP contribution >= 0.6 is 0 Å². The Bertz CT molecular complexity index is 189. The Balaban J connectivity index is 2.17. The molecule has 17 heavy (non-hydrogen) atoms. The first-order chi connectivity index (χ1) is 8.13. The molecule has 1 aliphatic rings. The van der Waals surface area contributed by atoms with E-state index >= 15 is 0 Å². The summed E-state index contributed by atoms with van der Waals surface area (Å²) in [5, 5.41) is 0. The lowest BCUT2D eigenvalue weighted by molar-refractivity contribution is 0.0788. The Morgan fingerprint density at radius 2 is 1.94 bits per heavy atom. The minimum atomic E-state index is 0.763. The minimum absolute atomic E-state index is 0.763. The molecule has 0 atom stereocenters. The van der Waals surface area contributed by atoms with Crippen molar-refractivity contribution in [3.05, 3.63) is 0 Å². The maximum absolute atomic E-state index is 5.42. The smallest absolute Gasteiger partial charge is 0.0593 e. The van der Waals surface area contributed by atoms with Crippen LogP contribution in [0.4, 0.5) is 0 Å². The van der Waals surface area contributed by atoms with Crippen molar-refractivity contribution in [2.75, 3.05) is 46.4 Å². The monoisotopic (exact) mass is 242 g/mol. The Morgan fingerprint density at radius 3 is 2.47 bits per heavy atom. The SMILES string of the molecule is CCOCCN(C)C1CCN(CC(C)C)CC1. The number of likely N-dealkylation sites (N-methyl/N-ethyl adjacent to an activating group) is 1. The zero-order valence-electron chi connectivity index (χ0n) is 12.1. The van der Waals surface area contributed by atoms with Crippen molar-refractivity contribution < 1.29 is 4.74 Å². The summed E-state index contributed by atoms with van der Waals surface area (Å²) in [5.41, 5.74) is 0. The maximum Gasteiger partial charge on any atom is 0.0593 e. The van der Waals surface area contributed by atoms with Gasteiger partial charge < -0.3 is 14.5 Å². The third-order valence-corrected chi connectivity index (χ3v) is 3.60. The zero-order valence-corrected chi connectivity index (χ0v) is 12.1. The lowest BCUT2D eigenvalue weighted by Crippen LogP contribution is -2.45. The molecule has 0 aromatic carbocycles. The summed E-state index contributed by atoms with van der Waals surface area (Å²) in [6, 6.07) is 0.763. The van der Waals surface area contributed by atoms with Crippen LogP contribution in [0, 0.1) is 5.92 Å². The molecule has 1 fully saturated rings.